The second-order valence-electron chi connectivity index (χ2n) is 7.21. The molecule has 0 aromatic rings. The highest BCUT2D eigenvalue weighted by molar-refractivity contribution is 5.90. The summed E-state index contributed by atoms with van der Waals surface area (Å²) >= 11 is 0. The number of carbonyl (C=O) groups is 2. The van der Waals surface area contributed by atoms with E-state index in [1.165, 1.54) is 6.92 Å². The Balaban J connectivity index is 1.93. The van der Waals surface area contributed by atoms with Crippen LogP contribution in [0, 0.1) is 5.92 Å². The SMILES string of the molecule is C=C1C/C(=C/C)C(=O)O[C@@H]2CCN3C[C@H](O)[C@@H](COC(=O)[C@]1(C)O)[C@@H]23. The molecule has 0 unspecified atom stereocenters. The summed E-state index contributed by atoms with van der Waals surface area (Å²) in [5.74, 6) is -1.65. The minimum atomic E-state index is -1.91. The third kappa shape index (κ3) is 3.12. The number of rotatable bonds is 0. The first-order valence-corrected chi connectivity index (χ1v) is 8.61. The molecule has 3 rings (SSSR count). The highest BCUT2D eigenvalue weighted by atomic mass is 16.6. The molecule has 2 N–H and O–H groups in total. The highest BCUT2D eigenvalue weighted by Crippen LogP contribution is 2.37. The van der Waals surface area contributed by atoms with Crippen molar-refractivity contribution < 1.29 is 29.3 Å². The van der Waals surface area contributed by atoms with Gasteiger partial charge >= 0.3 is 11.9 Å². The Bertz CT molecular complexity index is 625. The van der Waals surface area contributed by atoms with Crippen molar-refractivity contribution in [2.24, 2.45) is 5.92 Å². The number of hydrogen-bond donors (Lipinski definition) is 2. The summed E-state index contributed by atoms with van der Waals surface area (Å²) in [6.07, 6.45) is 1.30. The number of ether oxygens (including phenoxy) is 2. The maximum absolute atomic E-state index is 12.5. The third-order valence-electron chi connectivity index (χ3n) is 5.62. The fraction of sp³-hybridized carbons (Fsp3) is 0.667. The molecule has 0 aliphatic carbocycles. The van der Waals surface area contributed by atoms with Gasteiger partial charge in [-0.1, -0.05) is 12.7 Å². The summed E-state index contributed by atoms with van der Waals surface area (Å²) in [4.78, 5) is 27.0. The van der Waals surface area contributed by atoms with E-state index in [1.807, 2.05) is 0 Å². The van der Waals surface area contributed by atoms with Crippen molar-refractivity contribution in [1.29, 1.82) is 0 Å². The molecule has 138 valence electrons. The van der Waals surface area contributed by atoms with Crippen LogP contribution < -0.4 is 0 Å². The van der Waals surface area contributed by atoms with E-state index in [2.05, 4.69) is 11.5 Å². The molecule has 25 heavy (non-hydrogen) atoms. The molecule has 3 heterocycles. The third-order valence-corrected chi connectivity index (χ3v) is 5.62. The molecule has 0 amide bonds. The van der Waals surface area contributed by atoms with Crippen molar-refractivity contribution in [2.75, 3.05) is 19.7 Å². The summed E-state index contributed by atoms with van der Waals surface area (Å²) in [5.41, 5.74) is -1.40. The van der Waals surface area contributed by atoms with E-state index in [1.54, 1.807) is 13.0 Å². The van der Waals surface area contributed by atoms with E-state index in [4.69, 9.17) is 9.47 Å². The Labute approximate surface area is 146 Å². The second-order valence-corrected chi connectivity index (χ2v) is 7.21. The van der Waals surface area contributed by atoms with Crippen LogP contribution in [0.25, 0.3) is 0 Å². The van der Waals surface area contributed by atoms with Crippen molar-refractivity contribution >= 4 is 11.9 Å². The van der Waals surface area contributed by atoms with Gasteiger partial charge in [0.15, 0.2) is 5.60 Å². The van der Waals surface area contributed by atoms with Crippen LogP contribution >= 0.6 is 0 Å². The van der Waals surface area contributed by atoms with Crippen molar-refractivity contribution in [2.45, 2.75) is 50.5 Å². The standard InChI is InChI=1S/C18H25NO6/c1-4-11-7-10(2)18(3,23)17(22)24-9-12-13(20)8-19-6-5-14(15(12)19)25-16(11)21/h4,12-15,20,23H,2,5-9H2,1,3H3/b11-4-/t12-,13+,14-,15+,18-/m1/s1. The second kappa shape index (κ2) is 6.55. The van der Waals surface area contributed by atoms with E-state index in [0.717, 1.165) is 6.54 Å². The zero-order valence-corrected chi connectivity index (χ0v) is 14.6. The van der Waals surface area contributed by atoms with Crippen molar-refractivity contribution in [3.8, 4) is 0 Å². The van der Waals surface area contributed by atoms with Crippen LogP contribution in [0.2, 0.25) is 0 Å². The molecule has 7 heteroatoms. The fourth-order valence-corrected chi connectivity index (χ4v) is 3.91. The lowest BCUT2D eigenvalue weighted by molar-refractivity contribution is -0.164. The Kier molecular flexibility index (Phi) is 4.74. The number of hydrogen-bond acceptors (Lipinski definition) is 7. The summed E-state index contributed by atoms with van der Waals surface area (Å²) in [5, 5.41) is 20.8. The summed E-state index contributed by atoms with van der Waals surface area (Å²) in [6.45, 7) is 7.90. The van der Waals surface area contributed by atoms with Gasteiger partial charge in [0.2, 0.25) is 0 Å². The first-order valence-electron chi connectivity index (χ1n) is 8.61. The van der Waals surface area contributed by atoms with E-state index < -0.39 is 23.6 Å². The summed E-state index contributed by atoms with van der Waals surface area (Å²) in [6, 6.07) is -0.183. The van der Waals surface area contributed by atoms with Gasteiger partial charge in [-0.2, -0.15) is 0 Å². The minimum Gasteiger partial charge on any atom is -0.463 e. The van der Waals surface area contributed by atoms with Crippen LogP contribution in [-0.4, -0.2) is 70.6 Å². The Morgan fingerprint density at radius 1 is 1.40 bits per heavy atom. The lowest BCUT2D eigenvalue weighted by Crippen LogP contribution is -2.44. The predicted molar refractivity (Wildman–Crippen MR) is 88.5 cm³/mol. The van der Waals surface area contributed by atoms with Crippen LogP contribution in [0.1, 0.15) is 26.7 Å². The average Bonchev–Trinajstić information content (AvgIpc) is 3.08. The number of allylic oxidation sites excluding steroid dienone is 1. The van der Waals surface area contributed by atoms with Gasteiger partial charge in [-0.15, -0.1) is 0 Å². The van der Waals surface area contributed by atoms with Gasteiger partial charge in [-0.05, 0) is 25.8 Å². The van der Waals surface area contributed by atoms with Crippen LogP contribution in [0.15, 0.2) is 23.8 Å². The maximum atomic E-state index is 12.5. The zero-order valence-electron chi connectivity index (χ0n) is 14.6. The van der Waals surface area contributed by atoms with Crippen LogP contribution in [0.5, 0.6) is 0 Å². The van der Waals surface area contributed by atoms with E-state index >= 15 is 0 Å². The first-order chi connectivity index (χ1) is 11.8. The molecule has 0 aromatic carbocycles. The number of aliphatic hydroxyl groups is 2. The minimum absolute atomic E-state index is 0.0323. The number of esters is 2. The molecule has 3 saturated heterocycles. The molecule has 0 saturated carbocycles. The number of cyclic esters (lactones) is 1. The zero-order chi connectivity index (χ0) is 18.4. The lowest BCUT2D eigenvalue weighted by atomic mass is 9.90. The molecule has 3 aliphatic rings. The van der Waals surface area contributed by atoms with E-state index in [9.17, 15) is 19.8 Å². The monoisotopic (exact) mass is 351 g/mol. The molecule has 0 bridgehead atoms. The number of aliphatic hydroxyl groups excluding tert-OH is 1. The Morgan fingerprint density at radius 3 is 2.80 bits per heavy atom. The molecule has 7 nitrogen and oxygen atoms in total. The summed E-state index contributed by atoms with van der Waals surface area (Å²) < 4.78 is 11.0. The predicted octanol–water partition coefficient (Wildman–Crippen LogP) is 0.164. The molecule has 3 aliphatic heterocycles. The van der Waals surface area contributed by atoms with Crippen molar-refractivity contribution in [3.05, 3.63) is 23.8 Å². The van der Waals surface area contributed by atoms with Gasteiger partial charge in [0.05, 0.1) is 18.8 Å². The molecule has 0 radical (unpaired) electrons. The molecular weight excluding hydrogens is 326 g/mol. The van der Waals surface area contributed by atoms with Gasteiger partial charge in [0, 0.05) is 31.0 Å². The molecule has 5 atom stereocenters. The average molecular weight is 351 g/mol. The van der Waals surface area contributed by atoms with E-state index in [0.29, 0.717) is 18.5 Å². The topological polar surface area (TPSA) is 96.3 Å². The molecule has 0 aromatic heterocycles. The highest BCUT2D eigenvalue weighted by Gasteiger charge is 2.51. The van der Waals surface area contributed by atoms with Gasteiger partial charge < -0.3 is 19.7 Å². The van der Waals surface area contributed by atoms with Crippen LogP contribution in [-0.2, 0) is 19.1 Å². The molecular formula is C18H25NO6. The van der Waals surface area contributed by atoms with E-state index in [-0.39, 0.29) is 36.7 Å². The first kappa shape index (κ1) is 18.1. The number of nitrogens with zero attached hydrogens (tertiary/aromatic N) is 1. The fourth-order valence-electron chi connectivity index (χ4n) is 3.91. The lowest BCUT2D eigenvalue weighted by Gasteiger charge is -2.30. The van der Waals surface area contributed by atoms with Gasteiger partial charge in [-0.25, -0.2) is 9.59 Å². The molecule has 0 spiro atoms. The van der Waals surface area contributed by atoms with Gasteiger partial charge in [0.25, 0.3) is 0 Å². The largest absolute Gasteiger partial charge is 0.463 e. The summed E-state index contributed by atoms with van der Waals surface area (Å²) in [7, 11) is 0. The van der Waals surface area contributed by atoms with Gasteiger partial charge in [0.1, 0.15) is 6.10 Å². The Hall–Kier alpha value is -1.70. The smallest absolute Gasteiger partial charge is 0.342 e. The quantitative estimate of drug-likeness (QED) is 0.365. The number of carbonyl (C=O) groups excluding carboxylic acids is 2. The van der Waals surface area contributed by atoms with Crippen LogP contribution in [0.4, 0.5) is 0 Å². The Morgan fingerprint density at radius 2 is 2.12 bits per heavy atom. The normalized spacial score (nSPS) is 41.8. The molecule has 3 fully saturated rings. The maximum Gasteiger partial charge on any atom is 0.342 e. The van der Waals surface area contributed by atoms with Gasteiger partial charge in [-0.3, -0.25) is 4.90 Å². The van der Waals surface area contributed by atoms with Crippen molar-refractivity contribution in [3.63, 3.8) is 0 Å². The van der Waals surface area contributed by atoms with Crippen LogP contribution in [0.3, 0.4) is 0 Å². The van der Waals surface area contributed by atoms with Crippen molar-refractivity contribution in [1.82, 2.24) is 4.90 Å².